The van der Waals surface area contributed by atoms with Crippen LogP contribution in [0.5, 0.6) is 11.5 Å². The van der Waals surface area contributed by atoms with Crippen LogP contribution in [0.1, 0.15) is 31.7 Å². The van der Waals surface area contributed by atoms with Crippen molar-refractivity contribution < 1.29 is 13.9 Å². The fourth-order valence-corrected chi connectivity index (χ4v) is 3.40. The average Bonchev–Trinajstić information content (AvgIpc) is 2.82. The van der Waals surface area contributed by atoms with Crippen LogP contribution < -0.4 is 14.9 Å². The molecule has 4 rings (SSSR count). The maximum absolute atomic E-state index is 12.8. The lowest BCUT2D eigenvalue weighted by molar-refractivity contribution is 0.258. The molecule has 4 heteroatoms. The predicted molar refractivity (Wildman–Crippen MR) is 124 cm³/mol. The lowest BCUT2D eigenvalue weighted by atomic mass is 10.1. The van der Waals surface area contributed by atoms with E-state index in [2.05, 4.69) is 6.92 Å². The van der Waals surface area contributed by atoms with Gasteiger partial charge >= 0.3 is 0 Å². The van der Waals surface area contributed by atoms with Crippen LogP contribution in [0.3, 0.4) is 0 Å². The third-order valence-corrected chi connectivity index (χ3v) is 5.09. The van der Waals surface area contributed by atoms with E-state index in [0.717, 1.165) is 30.4 Å². The summed E-state index contributed by atoms with van der Waals surface area (Å²) < 4.78 is 18.2. The highest BCUT2D eigenvalue weighted by atomic mass is 16.5. The van der Waals surface area contributed by atoms with Crippen molar-refractivity contribution in [2.45, 2.75) is 32.8 Å². The topological polar surface area (TPSA) is 48.7 Å². The third-order valence-electron chi connectivity index (χ3n) is 5.09. The van der Waals surface area contributed by atoms with E-state index in [0.29, 0.717) is 41.4 Å². The van der Waals surface area contributed by atoms with E-state index in [-0.39, 0.29) is 5.43 Å². The van der Waals surface area contributed by atoms with Crippen molar-refractivity contribution in [2.24, 2.45) is 0 Å². The zero-order valence-corrected chi connectivity index (χ0v) is 17.7. The van der Waals surface area contributed by atoms with E-state index in [1.54, 1.807) is 12.1 Å². The van der Waals surface area contributed by atoms with Gasteiger partial charge in [0.15, 0.2) is 16.9 Å². The van der Waals surface area contributed by atoms with Gasteiger partial charge in [-0.15, -0.1) is 0 Å². The van der Waals surface area contributed by atoms with E-state index >= 15 is 0 Å². The van der Waals surface area contributed by atoms with Crippen LogP contribution in [-0.4, -0.2) is 6.61 Å². The molecule has 4 aromatic rings. The SMILES string of the molecule is CCCCCOc1cc2c(=O)cc(-c3ccccc3)oc2cc1OCc1ccccc1. The van der Waals surface area contributed by atoms with Gasteiger partial charge in [0.25, 0.3) is 0 Å². The number of benzene rings is 3. The van der Waals surface area contributed by atoms with Gasteiger partial charge in [0.1, 0.15) is 18.0 Å². The van der Waals surface area contributed by atoms with Gasteiger partial charge in [-0.25, -0.2) is 0 Å². The smallest absolute Gasteiger partial charge is 0.193 e. The first kappa shape index (κ1) is 20.7. The molecule has 3 aromatic carbocycles. The van der Waals surface area contributed by atoms with Gasteiger partial charge in [0.05, 0.1) is 12.0 Å². The van der Waals surface area contributed by atoms with E-state index in [4.69, 9.17) is 13.9 Å². The molecule has 0 N–H and O–H groups in total. The Morgan fingerprint density at radius 3 is 2.26 bits per heavy atom. The van der Waals surface area contributed by atoms with Crippen molar-refractivity contribution in [3.8, 4) is 22.8 Å². The molecular formula is C27H26O4. The molecule has 0 aliphatic carbocycles. The number of ether oxygens (including phenoxy) is 2. The summed E-state index contributed by atoms with van der Waals surface area (Å²) in [5.41, 5.74) is 2.29. The Morgan fingerprint density at radius 1 is 0.806 bits per heavy atom. The standard InChI is InChI=1S/C27H26O4/c1-2-3-10-15-29-26-16-22-23(28)17-24(21-13-8-5-9-14-21)31-25(22)18-27(26)30-19-20-11-6-4-7-12-20/h4-9,11-14,16-18H,2-3,10,15,19H2,1H3. The molecule has 0 radical (unpaired) electrons. The summed E-state index contributed by atoms with van der Waals surface area (Å²) >= 11 is 0. The van der Waals surface area contributed by atoms with Crippen LogP contribution in [0.15, 0.2) is 88.1 Å². The number of rotatable bonds is 9. The molecule has 0 amide bonds. The van der Waals surface area contributed by atoms with Crippen molar-refractivity contribution in [1.29, 1.82) is 0 Å². The zero-order chi connectivity index (χ0) is 21.5. The highest BCUT2D eigenvalue weighted by Crippen LogP contribution is 2.34. The molecule has 0 aliphatic rings. The second kappa shape index (κ2) is 9.98. The van der Waals surface area contributed by atoms with Crippen molar-refractivity contribution in [3.63, 3.8) is 0 Å². The summed E-state index contributed by atoms with van der Waals surface area (Å²) in [6.45, 7) is 3.13. The van der Waals surface area contributed by atoms with Crippen LogP contribution in [0.25, 0.3) is 22.3 Å². The molecule has 0 atom stereocenters. The first-order valence-electron chi connectivity index (χ1n) is 10.7. The summed E-state index contributed by atoms with van der Waals surface area (Å²) in [7, 11) is 0. The molecule has 1 heterocycles. The Kier molecular flexibility index (Phi) is 6.68. The van der Waals surface area contributed by atoms with E-state index in [9.17, 15) is 4.79 Å². The van der Waals surface area contributed by atoms with Gasteiger partial charge in [-0.1, -0.05) is 80.4 Å². The molecule has 0 unspecified atom stereocenters. The maximum atomic E-state index is 12.8. The molecule has 158 valence electrons. The second-order valence-electron chi connectivity index (χ2n) is 7.47. The lowest BCUT2D eigenvalue weighted by Gasteiger charge is -2.14. The van der Waals surface area contributed by atoms with Gasteiger partial charge in [-0.3, -0.25) is 4.79 Å². The van der Waals surface area contributed by atoms with Gasteiger partial charge in [0, 0.05) is 17.7 Å². The summed E-state index contributed by atoms with van der Waals surface area (Å²) in [4.78, 5) is 12.8. The minimum Gasteiger partial charge on any atom is -0.490 e. The van der Waals surface area contributed by atoms with E-state index in [1.807, 2.05) is 60.7 Å². The van der Waals surface area contributed by atoms with E-state index in [1.165, 1.54) is 6.07 Å². The van der Waals surface area contributed by atoms with Crippen molar-refractivity contribution in [2.75, 3.05) is 6.61 Å². The van der Waals surface area contributed by atoms with Crippen LogP contribution in [0.2, 0.25) is 0 Å². The summed E-state index contributed by atoms with van der Waals surface area (Å²) in [5, 5.41) is 0.484. The monoisotopic (exact) mass is 414 g/mol. The van der Waals surface area contributed by atoms with Crippen molar-refractivity contribution >= 4 is 11.0 Å². The maximum Gasteiger partial charge on any atom is 0.193 e. The van der Waals surface area contributed by atoms with Gasteiger partial charge in [-0.05, 0) is 18.1 Å². The largest absolute Gasteiger partial charge is 0.490 e. The van der Waals surface area contributed by atoms with Crippen molar-refractivity contribution in [1.82, 2.24) is 0 Å². The second-order valence-corrected chi connectivity index (χ2v) is 7.47. The summed E-state index contributed by atoms with van der Waals surface area (Å²) in [5.74, 6) is 1.67. The Bertz CT molecular complexity index is 1180. The fraction of sp³-hybridized carbons (Fsp3) is 0.222. The quantitative estimate of drug-likeness (QED) is 0.289. The molecule has 0 fully saturated rings. The normalized spacial score (nSPS) is 10.9. The molecule has 4 nitrogen and oxygen atoms in total. The average molecular weight is 415 g/mol. The van der Waals surface area contributed by atoms with Crippen LogP contribution >= 0.6 is 0 Å². The molecule has 0 saturated heterocycles. The highest BCUT2D eigenvalue weighted by Gasteiger charge is 2.14. The molecule has 31 heavy (non-hydrogen) atoms. The molecule has 0 spiro atoms. The van der Waals surface area contributed by atoms with Crippen molar-refractivity contribution in [3.05, 3.63) is 94.6 Å². The van der Waals surface area contributed by atoms with Gasteiger partial charge < -0.3 is 13.9 Å². The summed E-state index contributed by atoms with van der Waals surface area (Å²) in [6, 6.07) is 24.6. The molecule has 0 saturated carbocycles. The summed E-state index contributed by atoms with van der Waals surface area (Å²) in [6.07, 6.45) is 3.16. The fourth-order valence-electron chi connectivity index (χ4n) is 3.40. The minimum atomic E-state index is -0.104. The van der Waals surface area contributed by atoms with Gasteiger partial charge in [0.2, 0.25) is 0 Å². The Labute approximate surface area is 182 Å². The molecule has 0 aliphatic heterocycles. The number of hydrogen-bond donors (Lipinski definition) is 0. The Morgan fingerprint density at radius 2 is 1.52 bits per heavy atom. The van der Waals surface area contributed by atoms with Crippen LogP contribution in [0.4, 0.5) is 0 Å². The molecule has 1 aromatic heterocycles. The van der Waals surface area contributed by atoms with Crippen LogP contribution in [0, 0.1) is 0 Å². The Balaban J connectivity index is 1.70. The third kappa shape index (κ3) is 5.15. The van der Waals surface area contributed by atoms with Gasteiger partial charge in [-0.2, -0.15) is 0 Å². The number of unbranched alkanes of at least 4 members (excludes halogenated alkanes) is 2. The molecule has 0 bridgehead atoms. The number of hydrogen-bond acceptors (Lipinski definition) is 4. The molecular weight excluding hydrogens is 388 g/mol. The van der Waals surface area contributed by atoms with Crippen LogP contribution in [-0.2, 0) is 6.61 Å². The Hall–Kier alpha value is -3.53. The first-order chi connectivity index (χ1) is 15.2. The predicted octanol–water partition coefficient (Wildman–Crippen LogP) is 6.61. The number of fused-ring (bicyclic) bond motifs is 1. The zero-order valence-electron chi connectivity index (χ0n) is 17.7. The first-order valence-corrected chi connectivity index (χ1v) is 10.7. The highest BCUT2D eigenvalue weighted by molar-refractivity contribution is 5.82. The lowest BCUT2D eigenvalue weighted by Crippen LogP contribution is -2.05. The minimum absolute atomic E-state index is 0.104. The van der Waals surface area contributed by atoms with E-state index < -0.39 is 0 Å².